The summed E-state index contributed by atoms with van der Waals surface area (Å²) in [6.45, 7) is 3.66. The van der Waals surface area contributed by atoms with E-state index < -0.39 is 5.97 Å². The van der Waals surface area contributed by atoms with Crippen LogP contribution in [-0.4, -0.2) is 52.2 Å². The standard InChI is InChI=1S/C24H26N2O4/c27-20-5-3-4-19(16-20)23-17-26(14-15-30-23)13-12-25-10-8-18(9-11-25)21-6-1-2-7-22(21)24(28)29/h1-7,14-18,27H,8-13H2,(H,28,29). The second-order valence-electron chi connectivity index (χ2n) is 7.69. The van der Waals surface area contributed by atoms with Gasteiger partial charge in [-0.25, -0.2) is 4.79 Å². The van der Waals surface area contributed by atoms with Crippen LogP contribution in [0.1, 0.15) is 40.2 Å². The Bertz CT molecular complexity index is 961. The Balaban J connectivity index is 1.31. The summed E-state index contributed by atoms with van der Waals surface area (Å²) in [6, 6.07) is 14.4. The zero-order valence-corrected chi connectivity index (χ0v) is 16.8. The molecule has 6 nitrogen and oxygen atoms in total. The zero-order chi connectivity index (χ0) is 20.9. The van der Waals surface area contributed by atoms with Crippen LogP contribution in [0, 0.1) is 0 Å². The average Bonchev–Trinajstić information content (AvgIpc) is 2.78. The molecule has 0 atom stereocenters. The summed E-state index contributed by atoms with van der Waals surface area (Å²) in [5.74, 6) is 0.374. The lowest BCUT2D eigenvalue weighted by molar-refractivity contribution is 0.0694. The van der Waals surface area contributed by atoms with E-state index in [9.17, 15) is 15.0 Å². The average molecular weight is 406 g/mol. The van der Waals surface area contributed by atoms with Crippen LogP contribution >= 0.6 is 0 Å². The summed E-state index contributed by atoms with van der Waals surface area (Å²) in [6.07, 6.45) is 7.45. The zero-order valence-electron chi connectivity index (χ0n) is 16.8. The topological polar surface area (TPSA) is 73.2 Å². The van der Waals surface area contributed by atoms with Crippen molar-refractivity contribution in [2.24, 2.45) is 0 Å². The summed E-state index contributed by atoms with van der Waals surface area (Å²) in [5.41, 5.74) is 2.22. The number of phenols is 1. The summed E-state index contributed by atoms with van der Waals surface area (Å²) < 4.78 is 5.60. The van der Waals surface area contributed by atoms with Crippen molar-refractivity contribution in [2.45, 2.75) is 18.8 Å². The number of carbonyl (C=O) groups is 1. The van der Waals surface area contributed by atoms with Crippen LogP contribution in [0.5, 0.6) is 5.75 Å². The van der Waals surface area contributed by atoms with Crippen molar-refractivity contribution in [1.29, 1.82) is 0 Å². The van der Waals surface area contributed by atoms with Gasteiger partial charge >= 0.3 is 5.97 Å². The fourth-order valence-corrected chi connectivity index (χ4v) is 4.12. The Morgan fingerprint density at radius 2 is 1.87 bits per heavy atom. The number of ether oxygens (including phenoxy) is 1. The Morgan fingerprint density at radius 3 is 2.63 bits per heavy atom. The van der Waals surface area contributed by atoms with E-state index in [1.54, 1.807) is 36.6 Å². The first kappa shape index (κ1) is 20.0. The van der Waals surface area contributed by atoms with Crippen molar-refractivity contribution < 1.29 is 19.7 Å². The van der Waals surface area contributed by atoms with Crippen LogP contribution in [-0.2, 0) is 4.74 Å². The number of carboxylic acid groups (broad SMARTS) is 1. The van der Waals surface area contributed by atoms with Gasteiger partial charge in [-0.2, -0.15) is 0 Å². The molecule has 6 heteroatoms. The van der Waals surface area contributed by atoms with E-state index in [1.807, 2.05) is 30.6 Å². The lowest BCUT2D eigenvalue weighted by atomic mass is 9.86. The van der Waals surface area contributed by atoms with Gasteiger partial charge in [0.1, 0.15) is 17.8 Å². The van der Waals surface area contributed by atoms with E-state index in [4.69, 9.17) is 4.74 Å². The van der Waals surface area contributed by atoms with Gasteiger partial charge < -0.3 is 24.7 Å². The first-order chi connectivity index (χ1) is 14.6. The highest BCUT2D eigenvalue weighted by Gasteiger charge is 2.24. The maximum atomic E-state index is 11.5. The van der Waals surface area contributed by atoms with E-state index in [-0.39, 0.29) is 5.75 Å². The molecule has 2 aromatic carbocycles. The molecule has 2 aliphatic heterocycles. The third-order valence-electron chi connectivity index (χ3n) is 5.75. The molecule has 156 valence electrons. The third kappa shape index (κ3) is 4.66. The molecule has 2 aliphatic rings. The van der Waals surface area contributed by atoms with Gasteiger partial charge in [0, 0.05) is 31.1 Å². The highest BCUT2D eigenvalue weighted by Crippen LogP contribution is 2.30. The van der Waals surface area contributed by atoms with Gasteiger partial charge in [0.15, 0.2) is 0 Å². The number of hydrogen-bond donors (Lipinski definition) is 2. The minimum absolute atomic E-state index is 0.213. The fraction of sp³-hybridized carbons (Fsp3) is 0.292. The molecule has 0 spiro atoms. The van der Waals surface area contributed by atoms with Crippen molar-refractivity contribution in [3.05, 3.63) is 83.9 Å². The van der Waals surface area contributed by atoms with Gasteiger partial charge in [-0.05, 0) is 55.6 Å². The molecule has 0 radical (unpaired) electrons. The summed E-state index contributed by atoms with van der Waals surface area (Å²) in [4.78, 5) is 16.0. The van der Waals surface area contributed by atoms with E-state index in [0.29, 0.717) is 17.2 Å². The molecule has 2 aromatic rings. The van der Waals surface area contributed by atoms with Crippen LogP contribution in [0.25, 0.3) is 5.76 Å². The second-order valence-corrected chi connectivity index (χ2v) is 7.69. The van der Waals surface area contributed by atoms with Crippen molar-refractivity contribution in [2.75, 3.05) is 26.2 Å². The Morgan fingerprint density at radius 1 is 1.07 bits per heavy atom. The molecular weight excluding hydrogens is 380 g/mol. The summed E-state index contributed by atoms with van der Waals surface area (Å²) >= 11 is 0. The van der Waals surface area contributed by atoms with E-state index in [0.717, 1.165) is 50.1 Å². The van der Waals surface area contributed by atoms with Gasteiger partial charge in [-0.15, -0.1) is 0 Å². The van der Waals surface area contributed by atoms with E-state index in [2.05, 4.69) is 9.80 Å². The number of phenolic OH excluding ortho intramolecular Hbond substituents is 1. The highest BCUT2D eigenvalue weighted by atomic mass is 16.5. The number of likely N-dealkylation sites (tertiary alicyclic amines) is 1. The monoisotopic (exact) mass is 406 g/mol. The van der Waals surface area contributed by atoms with Crippen LogP contribution in [0.15, 0.2) is 67.2 Å². The Hall–Kier alpha value is -3.25. The Labute approximate surface area is 176 Å². The molecule has 1 fully saturated rings. The second kappa shape index (κ2) is 9.05. The summed E-state index contributed by atoms with van der Waals surface area (Å²) in [5, 5.41) is 19.1. The first-order valence-electron chi connectivity index (χ1n) is 10.2. The normalized spacial score (nSPS) is 17.5. The molecule has 30 heavy (non-hydrogen) atoms. The van der Waals surface area contributed by atoms with Crippen molar-refractivity contribution in [3.8, 4) is 5.75 Å². The molecule has 2 N–H and O–H groups in total. The molecule has 1 saturated heterocycles. The van der Waals surface area contributed by atoms with Crippen molar-refractivity contribution in [1.82, 2.24) is 9.80 Å². The molecule has 2 heterocycles. The SMILES string of the molecule is O=C(O)c1ccccc1C1CCN(CCN2C=COC(c3cccc(O)c3)=C2)CC1. The predicted octanol–water partition coefficient (Wildman–Crippen LogP) is 4.07. The van der Waals surface area contributed by atoms with Crippen LogP contribution in [0.3, 0.4) is 0 Å². The first-order valence-corrected chi connectivity index (χ1v) is 10.2. The van der Waals surface area contributed by atoms with Gasteiger partial charge in [-0.1, -0.05) is 30.3 Å². The third-order valence-corrected chi connectivity index (χ3v) is 5.75. The molecule has 4 rings (SSSR count). The maximum Gasteiger partial charge on any atom is 0.335 e. The lowest BCUT2D eigenvalue weighted by Gasteiger charge is -2.34. The number of aromatic carboxylic acids is 1. The molecule has 0 aromatic heterocycles. The van der Waals surface area contributed by atoms with Crippen LogP contribution in [0.2, 0.25) is 0 Å². The molecule has 0 aliphatic carbocycles. The smallest absolute Gasteiger partial charge is 0.335 e. The quantitative estimate of drug-likeness (QED) is 0.753. The van der Waals surface area contributed by atoms with Crippen molar-refractivity contribution in [3.63, 3.8) is 0 Å². The van der Waals surface area contributed by atoms with E-state index in [1.165, 1.54) is 0 Å². The number of rotatable bonds is 6. The number of nitrogens with zero attached hydrogens (tertiary/aromatic N) is 2. The van der Waals surface area contributed by atoms with Crippen molar-refractivity contribution >= 4 is 11.7 Å². The number of aromatic hydroxyl groups is 1. The molecular formula is C24H26N2O4. The maximum absolute atomic E-state index is 11.5. The van der Waals surface area contributed by atoms with Gasteiger partial charge in [-0.3, -0.25) is 0 Å². The molecule has 0 bridgehead atoms. The van der Waals surface area contributed by atoms with Crippen LogP contribution in [0.4, 0.5) is 0 Å². The minimum atomic E-state index is -0.846. The Kier molecular flexibility index (Phi) is 6.05. The predicted molar refractivity (Wildman–Crippen MR) is 115 cm³/mol. The largest absolute Gasteiger partial charge is 0.508 e. The fourth-order valence-electron chi connectivity index (χ4n) is 4.12. The lowest BCUT2D eigenvalue weighted by Crippen LogP contribution is -2.37. The highest BCUT2D eigenvalue weighted by molar-refractivity contribution is 5.89. The van der Waals surface area contributed by atoms with E-state index >= 15 is 0 Å². The molecule has 0 unspecified atom stereocenters. The number of piperidine rings is 1. The van der Waals surface area contributed by atoms with Crippen LogP contribution < -0.4 is 0 Å². The van der Waals surface area contributed by atoms with Gasteiger partial charge in [0.25, 0.3) is 0 Å². The number of benzene rings is 2. The van der Waals surface area contributed by atoms with Gasteiger partial charge in [0.2, 0.25) is 0 Å². The van der Waals surface area contributed by atoms with Gasteiger partial charge in [0.05, 0.1) is 5.56 Å². The number of hydrogen-bond acceptors (Lipinski definition) is 5. The molecule has 0 amide bonds. The summed E-state index contributed by atoms with van der Waals surface area (Å²) in [7, 11) is 0. The minimum Gasteiger partial charge on any atom is -0.508 e. The number of carboxylic acids is 1. The molecule has 0 saturated carbocycles.